The number of nitrogens with zero attached hydrogens (tertiary/aromatic N) is 7. The molecule has 224 valence electrons. The minimum absolute atomic E-state index is 0.125. The van der Waals surface area contributed by atoms with Crippen molar-refractivity contribution in [2.75, 3.05) is 63.2 Å². The van der Waals surface area contributed by atoms with Crippen molar-refractivity contribution in [2.24, 2.45) is 5.92 Å². The molecular formula is C34H41N7O2. The number of carbonyl (C=O) groups is 1. The van der Waals surface area contributed by atoms with Crippen LogP contribution in [-0.2, 0) is 17.8 Å². The van der Waals surface area contributed by atoms with Crippen molar-refractivity contribution in [3.8, 4) is 6.01 Å². The lowest BCUT2D eigenvalue weighted by atomic mass is 9.80. The van der Waals surface area contributed by atoms with Crippen LogP contribution < -0.4 is 14.5 Å². The van der Waals surface area contributed by atoms with Crippen LogP contribution in [0.5, 0.6) is 6.01 Å². The van der Waals surface area contributed by atoms with Crippen molar-refractivity contribution in [1.29, 1.82) is 0 Å². The lowest BCUT2D eigenvalue weighted by molar-refractivity contribution is -0.128. The molecule has 1 saturated heterocycles. The molecule has 0 radical (unpaired) electrons. The summed E-state index contributed by atoms with van der Waals surface area (Å²) < 4.78 is 6.30. The number of aromatic nitrogens is 2. The van der Waals surface area contributed by atoms with Crippen LogP contribution in [0.2, 0.25) is 0 Å². The Hall–Kier alpha value is -4.16. The summed E-state index contributed by atoms with van der Waals surface area (Å²) in [4.78, 5) is 34.9. The molecule has 9 heteroatoms. The van der Waals surface area contributed by atoms with E-state index in [0.717, 1.165) is 42.9 Å². The number of hydrogen-bond acceptors (Lipinski definition) is 7. The number of hydrogen-bond donors (Lipinski definition) is 0. The Morgan fingerprint density at radius 2 is 1.93 bits per heavy atom. The summed E-state index contributed by atoms with van der Waals surface area (Å²) in [6.07, 6.45) is 4.39. The summed E-state index contributed by atoms with van der Waals surface area (Å²) in [5, 5.41) is 2.52. The summed E-state index contributed by atoms with van der Waals surface area (Å²) in [7, 11) is 4.26. The number of benzene rings is 2. The number of amides is 1. The highest BCUT2D eigenvalue weighted by Gasteiger charge is 2.35. The lowest BCUT2D eigenvalue weighted by Gasteiger charge is -2.41. The second-order valence-electron chi connectivity index (χ2n) is 12.3. The zero-order chi connectivity index (χ0) is 30.1. The average molecular weight is 580 g/mol. The van der Waals surface area contributed by atoms with Crippen LogP contribution in [0, 0.1) is 19.4 Å². The smallest absolute Gasteiger partial charge is 0.318 e. The zero-order valence-electron chi connectivity index (χ0n) is 25.5. The fraction of sp³-hybridized carbons (Fsp3) is 0.471. The van der Waals surface area contributed by atoms with Crippen molar-refractivity contribution in [3.05, 3.63) is 77.3 Å². The molecule has 2 fully saturated rings. The maximum Gasteiger partial charge on any atom is 0.318 e. The third-order valence-electron chi connectivity index (χ3n) is 9.39. The summed E-state index contributed by atoms with van der Waals surface area (Å²) in [6.45, 7) is 17.4. The van der Waals surface area contributed by atoms with Crippen molar-refractivity contribution in [2.45, 2.75) is 44.8 Å². The van der Waals surface area contributed by atoms with E-state index in [0.29, 0.717) is 50.8 Å². The lowest BCUT2D eigenvalue weighted by Crippen LogP contribution is -2.56. The van der Waals surface area contributed by atoms with E-state index < -0.39 is 0 Å². The largest absolute Gasteiger partial charge is 0.463 e. The first-order chi connectivity index (χ1) is 20.9. The molecule has 43 heavy (non-hydrogen) atoms. The van der Waals surface area contributed by atoms with Gasteiger partial charge in [0.1, 0.15) is 11.9 Å². The molecule has 3 aromatic rings. The van der Waals surface area contributed by atoms with Gasteiger partial charge in [-0.15, -0.1) is 0 Å². The SMILES string of the molecule is [C-]#[N+]C[C@H]1CN(c2nc(OCC3CC(N(C)C)C3)nc3c2CCN(c2cccc4cccc(C)c24)C3)CCN1C(=O)C=C. The molecule has 1 amide bonds. The molecular weight excluding hydrogens is 538 g/mol. The first-order valence-electron chi connectivity index (χ1n) is 15.3. The first-order valence-corrected chi connectivity index (χ1v) is 15.3. The normalized spacial score (nSPS) is 21.7. The van der Waals surface area contributed by atoms with Crippen molar-refractivity contribution in [3.63, 3.8) is 0 Å². The molecule has 1 atom stereocenters. The highest BCUT2D eigenvalue weighted by molar-refractivity contribution is 5.97. The summed E-state index contributed by atoms with van der Waals surface area (Å²) in [6, 6.07) is 13.8. The van der Waals surface area contributed by atoms with Crippen LogP contribution in [0.3, 0.4) is 0 Å². The van der Waals surface area contributed by atoms with E-state index in [1.165, 1.54) is 28.1 Å². The Morgan fingerprint density at radius 3 is 2.67 bits per heavy atom. The third-order valence-corrected chi connectivity index (χ3v) is 9.39. The number of aryl methyl sites for hydroxylation is 1. The maximum atomic E-state index is 12.6. The highest BCUT2D eigenvalue weighted by atomic mass is 16.5. The second-order valence-corrected chi connectivity index (χ2v) is 12.3. The van der Waals surface area contributed by atoms with Crippen LogP contribution in [-0.4, -0.2) is 91.2 Å². The highest BCUT2D eigenvalue weighted by Crippen LogP contribution is 2.36. The summed E-state index contributed by atoms with van der Waals surface area (Å²) >= 11 is 0. The molecule has 6 rings (SSSR count). The monoisotopic (exact) mass is 579 g/mol. The van der Waals surface area contributed by atoms with Gasteiger partial charge in [-0.2, -0.15) is 9.97 Å². The van der Waals surface area contributed by atoms with Gasteiger partial charge in [0.15, 0.2) is 0 Å². The Balaban J connectivity index is 1.31. The molecule has 0 spiro atoms. The summed E-state index contributed by atoms with van der Waals surface area (Å²) in [5.74, 6) is 1.26. The van der Waals surface area contributed by atoms with Gasteiger partial charge in [-0.3, -0.25) is 4.79 Å². The van der Waals surface area contributed by atoms with Gasteiger partial charge in [-0.1, -0.05) is 36.9 Å². The van der Waals surface area contributed by atoms with Crippen molar-refractivity contribution in [1.82, 2.24) is 19.8 Å². The molecule has 1 aromatic heterocycles. The topological polar surface area (TPSA) is 69.4 Å². The first kappa shape index (κ1) is 28.9. The minimum atomic E-state index is -0.219. The van der Waals surface area contributed by atoms with Crippen LogP contribution in [0.1, 0.15) is 29.7 Å². The number of piperazine rings is 1. The Kier molecular flexibility index (Phi) is 8.22. The number of ether oxygens (including phenoxy) is 1. The molecule has 2 aromatic carbocycles. The second kappa shape index (κ2) is 12.2. The van der Waals surface area contributed by atoms with Gasteiger partial charge in [0.2, 0.25) is 12.5 Å². The molecule has 0 bridgehead atoms. The Labute approximate surface area is 254 Å². The molecule has 0 unspecified atom stereocenters. The number of fused-ring (bicyclic) bond motifs is 2. The minimum Gasteiger partial charge on any atom is -0.463 e. The third kappa shape index (κ3) is 5.76. The molecule has 3 heterocycles. The van der Waals surface area contributed by atoms with Gasteiger partial charge in [0.25, 0.3) is 0 Å². The molecule has 1 aliphatic carbocycles. The van der Waals surface area contributed by atoms with Crippen molar-refractivity contribution >= 4 is 28.2 Å². The predicted molar refractivity (Wildman–Crippen MR) is 171 cm³/mol. The standard InChI is InChI=1S/C34H41N7O2/c1-6-31(42)41-16-15-40(20-27(41)19-35-3)33-28-13-14-39(30-12-8-11-25-10-7-9-23(2)32(25)30)21-29(28)36-34(37-33)43-22-24-17-26(18-24)38(4)5/h6-12,24,26-27H,1,13-22H2,2,4-5H3/t24?,26?,27-/m0/s1. The van der Waals surface area contributed by atoms with Gasteiger partial charge < -0.3 is 29.2 Å². The number of rotatable bonds is 8. The van der Waals surface area contributed by atoms with Gasteiger partial charge in [-0.25, -0.2) is 6.57 Å². The van der Waals surface area contributed by atoms with E-state index in [9.17, 15) is 4.79 Å². The Morgan fingerprint density at radius 1 is 1.14 bits per heavy atom. The van der Waals surface area contributed by atoms with Crippen LogP contribution >= 0.6 is 0 Å². The quantitative estimate of drug-likeness (QED) is 0.291. The van der Waals surface area contributed by atoms with E-state index in [2.05, 4.69) is 83.5 Å². The average Bonchev–Trinajstić information content (AvgIpc) is 2.99. The predicted octanol–water partition coefficient (Wildman–Crippen LogP) is 4.34. The number of carbonyl (C=O) groups excluding carboxylic acids is 1. The van der Waals surface area contributed by atoms with Gasteiger partial charge in [0.05, 0.1) is 18.8 Å². The molecule has 9 nitrogen and oxygen atoms in total. The van der Waals surface area contributed by atoms with E-state index in [1.807, 2.05) is 0 Å². The molecule has 1 saturated carbocycles. The molecule has 2 aliphatic heterocycles. The molecule has 0 N–H and O–H groups in total. The van der Waals surface area contributed by atoms with E-state index >= 15 is 0 Å². The summed E-state index contributed by atoms with van der Waals surface area (Å²) in [5.41, 5.74) is 4.62. The fourth-order valence-corrected chi connectivity index (χ4v) is 6.86. The van der Waals surface area contributed by atoms with E-state index in [4.69, 9.17) is 21.3 Å². The van der Waals surface area contributed by atoms with Gasteiger partial charge >= 0.3 is 6.01 Å². The zero-order valence-corrected chi connectivity index (χ0v) is 25.5. The fourth-order valence-electron chi connectivity index (χ4n) is 6.86. The van der Waals surface area contributed by atoms with Gasteiger partial charge in [-0.05, 0) is 69.3 Å². The van der Waals surface area contributed by atoms with Crippen LogP contribution in [0.4, 0.5) is 11.5 Å². The van der Waals surface area contributed by atoms with E-state index in [1.54, 1.807) is 4.90 Å². The van der Waals surface area contributed by atoms with Gasteiger partial charge in [0, 0.05) is 48.9 Å². The van der Waals surface area contributed by atoms with Crippen molar-refractivity contribution < 1.29 is 9.53 Å². The van der Waals surface area contributed by atoms with E-state index in [-0.39, 0.29) is 18.5 Å². The maximum absolute atomic E-state index is 12.6. The Bertz CT molecular complexity index is 1550. The number of anilines is 2. The van der Waals surface area contributed by atoms with Crippen LogP contribution in [0.25, 0.3) is 15.6 Å². The van der Waals surface area contributed by atoms with Crippen LogP contribution in [0.15, 0.2) is 49.1 Å². The molecule has 3 aliphatic rings.